The standard InChI is InChI=1S/C21H31N3O2/c1-16-8-5-6-9-18(16)22-10-7-11-23(13-12-22)20(26)17-14-19(25)24(15-17)21(2,3)4/h5-6,8-9,17H,7,10-15H2,1-4H3/t17-/m1/s1. The lowest BCUT2D eigenvalue weighted by Gasteiger charge is -2.32. The Hall–Kier alpha value is -2.04. The summed E-state index contributed by atoms with van der Waals surface area (Å²) in [5.74, 6) is 0.0654. The summed E-state index contributed by atoms with van der Waals surface area (Å²) in [5.41, 5.74) is 2.32. The number of aryl methyl sites for hydroxylation is 1. The van der Waals surface area contributed by atoms with Crippen LogP contribution in [0.2, 0.25) is 0 Å². The maximum Gasteiger partial charge on any atom is 0.228 e. The molecule has 3 rings (SSSR count). The molecule has 0 radical (unpaired) electrons. The Bertz CT molecular complexity index is 680. The topological polar surface area (TPSA) is 43.9 Å². The van der Waals surface area contributed by atoms with Crippen LogP contribution < -0.4 is 4.90 Å². The summed E-state index contributed by atoms with van der Waals surface area (Å²) in [6, 6.07) is 8.42. The quantitative estimate of drug-likeness (QED) is 0.817. The molecule has 0 aliphatic carbocycles. The van der Waals surface area contributed by atoms with Gasteiger partial charge in [-0.2, -0.15) is 0 Å². The zero-order chi connectivity index (χ0) is 18.9. The van der Waals surface area contributed by atoms with Gasteiger partial charge in [-0.3, -0.25) is 9.59 Å². The highest BCUT2D eigenvalue weighted by molar-refractivity contribution is 5.89. The molecule has 0 spiro atoms. The van der Waals surface area contributed by atoms with Crippen molar-refractivity contribution in [1.29, 1.82) is 0 Å². The van der Waals surface area contributed by atoms with E-state index in [2.05, 4.69) is 36.1 Å². The van der Waals surface area contributed by atoms with Crippen molar-refractivity contribution < 1.29 is 9.59 Å². The van der Waals surface area contributed by atoms with E-state index in [0.29, 0.717) is 13.0 Å². The van der Waals surface area contributed by atoms with Crippen molar-refractivity contribution >= 4 is 17.5 Å². The Balaban J connectivity index is 1.64. The number of rotatable bonds is 2. The fourth-order valence-electron chi connectivity index (χ4n) is 4.08. The maximum atomic E-state index is 13.0. The van der Waals surface area contributed by atoms with Crippen molar-refractivity contribution in [3.05, 3.63) is 29.8 Å². The number of para-hydroxylation sites is 1. The normalized spacial score (nSPS) is 21.9. The predicted octanol–water partition coefficient (Wildman–Crippen LogP) is 2.68. The first kappa shape index (κ1) is 18.7. The van der Waals surface area contributed by atoms with Gasteiger partial charge in [-0.15, -0.1) is 0 Å². The lowest BCUT2D eigenvalue weighted by Crippen LogP contribution is -2.44. The molecule has 0 aromatic heterocycles. The van der Waals surface area contributed by atoms with Crippen LogP contribution in [0.4, 0.5) is 5.69 Å². The van der Waals surface area contributed by atoms with E-state index in [1.165, 1.54) is 11.3 Å². The first-order chi connectivity index (χ1) is 12.3. The molecular weight excluding hydrogens is 326 g/mol. The van der Waals surface area contributed by atoms with E-state index in [4.69, 9.17) is 0 Å². The number of anilines is 1. The number of benzene rings is 1. The van der Waals surface area contributed by atoms with Gasteiger partial charge >= 0.3 is 0 Å². The molecule has 1 aromatic rings. The van der Waals surface area contributed by atoms with Crippen LogP contribution in [-0.4, -0.2) is 59.9 Å². The van der Waals surface area contributed by atoms with E-state index in [1.54, 1.807) is 0 Å². The largest absolute Gasteiger partial charge is 0.369 e. The van der Waals surface area contributed by atoms with Crippen molar-refractivity contribution in [2.24, 2.45) is 5.92 Å². The molecule has 2 aliphatic heterocycles. The molecule has 2 heterocycles. The first-order valence-electron chi connectivity index (χ1n) is 9.67. The van der Waals surface area contributed by atoms with Crippen LogP contribution in [0.5, 0.6) is 0 Å². The molecule has 2 amide bonds. The van der Waals surface area contributed by atoms with E-state index in [9.17, 15) is 9.59 Å². The Morgan fingerprint density at radius 1 is 1.08 bits per heavy atom. The van der Waals surface area contributed by atoms with Crippen molar-refractivity contribution in [1.82, 2.24) is 9.80 Å². The Morgan fingerprint density at radius 2 is 1.81 bits per heavy atom. The number of hydrogen-bond donors (Lipinski definition) is 0. The molecule has 2 aliphatic rings. The van der Waals surface area contributed by atoms with Crippen LogP contribution >= 0.6 is 0 Å². The zero-order valence-corrected chi connectivity index (χ0v) is 16.5. The molecule has 2 fully saturated rings. The fourth-order valence-corrected chi connectivity index (χ4v) is 4.08. The summed E-state index contributed by atoms with van der Waals surface area (Å²) < 4.78 is 0. The maximum absolute atomic E-state index is 13.0. The summed E-state index contributed by atoms with van der Waals surface area (Å²) in [7, 11) is 0. The van der Waals surface area contributed by atoms with Crippen molar-refractivity contribution in [3.8, 4) is 0 Å². The number of likely N-dealkylation sites (tertiary alicyclic amines) is 1. The zero-order valence-electron chi connectivity index (χ0n) is 16.5. The minimum absolute atomic E-state index is 0.104. The summed E-state index contributed by atoms with van der Waals surface area (Å²) in [6.07, 6.45) is 1.32. The highest BCUT2D eigenvalue weighted by Gasteiger charge is 2.41. The third-order valence-electron chi connectivity index (χ3n) is 5.55. The molecule has 5 nitrogen and oxygen atoms in total. The average Bonchev–Trinajstić information content (AvgIpc) is 2.83. The molecule has 142 valence electrons. The molecule has 0 N–H and O–H groups in total. The summed E-state index contributed by atoms with van der Waals surface area (Å²) in [6.45, 7) is 12.1. The van der Waals surface area contributed by atoms with E-state index in [-0.39, 0.29) is 23.3 Å². The molecule has 0 saturated carbocycles. The Labute approximate surface area is 156 Å². The minimum atomic E-state index is -0.216. The molecular formula is C21H31N3O2. The second-order valence-corrected chi connectivity index (χ2v) is 8.53. The number of amides is 2. The van der Waals surface area contributed by atoms with Gasteiger partial charge in [0, 0.05) is 50.4 Å². The average molecular weight is 357 g/mol. The monoisotopic (exact) mass is 357 g/mol. The van der Waals surface area contributed by atoms with E-state index in [0.717, 1.165) is 32.6 Å². The molecule has 0 unspecified atom stereocenters. The first-order valence-corrected chi connectivity index (χ1v) is 9.67. The van der Waals surface area contributed by atoms with Gasteiger partial charge in [0.15, 0.2) is 0 Å². The van der Waals surface area contributed by atoms with Crippen LogP contribution in [0.15, 0.2) is 24.3 Å². The summed E-state index contributed by atoms with van der Waals surface area (Å²) in [4.78, 5) is 31.5. The van der Waals surface area contributed by atoms with Gasteiger partial charge in [0.25, 0.3) is 0 Å². The second-order valence-electron chi connectivity index (χ2n) is 8.53. The van der Waals surface area contributed by atoms with Gasteiger partial charge < -0.3 is 14.7 Å². The summed E-state index contributed by atoms with van der Waals surface area (Å²) >= 11 is 0. The van der Waals surface area contributed by atoms with Crippen molar-refractivity contribution in [3.63, 3.8) is 0 Å². The molecule has 1 aromatic carbocycles. The van der Waals surface area contributed by atoms with Gasteiger partial charge in [-0.1, -0.05) is 18.2 Å². The predicted molar refractivity (Wildman–Crippen MR) is 104 cm³/mol. The third-order valence-corrected chi connectivity index (χ3v) is 5.55. The van der Waals surface area contributed by atoms with Crippen LogP contribution in [0, 0.1) is 12.8 Å². The van der Waals surface area contributed by atoms with E-state index in [1.807, 2.05) is 30.6 Å². The van der Waals surface area contributed by atoms with Crippen LogP contribution in [0.25, 0.3) is 0 Å². The number of nitrogens with zero attached hydrogens (tertiary/aromatic N) is 3. The van der Waals surface area contributed by atoms with Crippen molar-refractivity contribution in [2.75, 3.05) is 37.6 Å². The van der Waals surface area contributed by atoms with E-state index < -0.39 is 0 Å². The molecule has 5 heteroatoms. The Kier molecular flexibility index (Phi) is 5.26. The molecule has 2 saturated heterocycles. The summed E-state index contributed by atoms with van der Waals surface area (Å²) in [5, 5.41) is 0. The van der Waals surface area contributed by atoms with E-state index >= 15 is 0 Å². The van der Waals surface area contributed by atoms with Gasteiger partial charge in [-0.25, -0.2) is 0 Å². The molecule has 26 heavy (non-hydrogen) atoms. The number of carbonyl (C=O) groups excluding carboxylic acids is 2. The highest BCUT2D eigenvalue weighted by atomic mass is 16.2. The van der Waals surface area contributed by atoms with Crippen molar-refractivity contribution in [2.45, 2.75) is 46.1 Å². The number of hydrogen-bond acceptors (Lipinski definition) is 3. The SMILES string of the molecule is Cc1ccccc1N1CCCN(C(=O)[C@@H]2CC(=O)N(C(C)(C)C)C2)CC1. The Morgan fingerprint density at radius 3 is 2.46 bits per heavy atom. The minimum Gasteiger partial charge on any atom is -0.369 e. The van der Waals surface area contributed by atoms with Gasteiger partial charge in [0.05, 0.1) is 5.92 Å². The third kappa shape index (κ3) is 3.87. The van der Waals surface area contributed by atoms with Crippen LogP contribution in [0.1, 0.15) is 39.2 Å². The van der Waals surface area contributed by atoms with Gasteiger partial charge in [0.1, 0.15) is 0 Å². The fraction of sp³-hybridized carbons (Fsp3) is 0.619. The molecule has 1 atom stereocenters. The molecule has 0 bridgehead atoms. The lowest BCUT2D eigenvalue weighted by molar-refractivity contribution is -0.135. The van der Waals surface area contributed by atoms with Gasteiger partial charge in [0.2, 0.25) is 11.8 Å². The number of carbonyl (C=O) groups is 2. The second kappa shape index (κ2) is 7.29. The van der Waals surface area contributed by atoms with Crippen LogP contribution in [-0.2, 0) is 9.59 Å². The highest BCUT2D eigenvalue weighted by Crippen LogP contribution is 2.28. The van der Waals surface area contributed by atoms with Gasteiger partial charge in [-0.05, 0) is 45.7 Å². The smallest absolute Gasteiger partial charge is 0.228 e. The van der Waals surface area contributed by atoms with Crippen LogP contribution in [0.3, 0.4) is 0 Å². The lowest BCUT2D eigenvalue weighted by atomic mass is 10.1.